The van der Waals surface area contributed by atoms with Gasteiger partial charge in [0.25, 0.3) is 5.54 Å². The molecule has 6 N–H and O–H groups in total. The summed E-state index contributed by atoms with van der Waals surface area (Å²) in [4.78, 5) is 30.1. The van der Waals surface area contributed by atoms with Gasteiger partial charge in [0.2, 0.25) is 0 Å². The molecule has 0 bridgehead atoms. The minimum atomic E-state index is -2.27. The zero-order chi connectivity index (χ0) is 20.3. The molecule has 0 unspecified atom stereocenters. The molecular formula is C18H28N4O4. The quantitative estimate of drug-likeness (QED) is 0.241. The van der Waals surface area contributed by atoms with Gasteiger partial charge in [-0.05, 0) is 47.6 Å². The molecule has 0 aliphatic carbocycles. The van der Waals surface area contributed by atoms with E-state index in [2.05, 4.69) is 4.99 Å². The summed E-state index contributed by atoms with van der Waals surface area (Å²) in [5.41, 5.74) is 13.3. The van der Waals surface area contributed by atoms with E-state index in [1.54, 1.807) is 53.7 Å². The van der Waals surface area contributed by atoms with Crippen LogP contribution in [0.4, 0.5) is 5.69 Å². The summed E-state index contributed by atoms with van der Waals surface area (Å²) in [6.07, 6.45) is 0. The van der Waals surface area contributed by atoms with Crippen molar-refractivity contribution in [1.29, 1.82) is 0 Å². The number of nitrogen functional groups attached to an aromatic ring is 1. The predicted molar refractivity (Wildman–Crippen MR) is 100 cm³/mol. The second-order valence-electron chi connectivity index (χ2n) is 7.84. The smallest absolute Gasteiger partial charge is 0.351 e. The van der Waals surface area contributed by atoms with E-state index in [1.807, 2.05) is 0 Å². The first kappa shape index (κ1) is 21.3. The van der Waals surface area contributed by atoms with Crippen LogP contribution in [0.2, 0.25) is 0 Å². The van der Waals surface area contributed by atoms with E-state index in [1.165, 1.54) is 12.1 Å². The van der Waals surface area contributed by atoms with E-state index in [-0.39, 0.29) is 11.3 Å². The third-order valence-electron chi connectivity index (χ3n) is 3.04. The van der Waals surface area contributed by atoms with Gasteiger partial charge in [0.15, 0.2) is 5.96 Å². The van der Waals surface area contributed by atoms with Crippen molar-refractivity contribution in [2.24, 2.45) is 16.5 Å². The summed E-state index contributed by atoms with van der Waals surface area (Å²) < 4.78 is 10.9. The molecule has 1 rings (SSSR count). The molecule has 0 aliphatic rings. The highest BCUT2D eigenvalue weighted by atomic mass is 16.6. The lowest BCUT2D eigenvalue weighted by atomic mass is 9.88. The number of nitrogens with zero attached hydrogens (tertiary/aromatic N) is 1. The Morgan fingerprint density at radius 1 is 0.885 bits per heavy atom. The monoisotopic (exact) mass is 364 g/mol. The summed E-state index contributed by atoms with van der Waals surface area (Å²) in [5.74, 6) is -2.44. The van der Waals surface area contributed by atoms with Gasteiger partial charge in [0.05, 0.1) is 0 Å². The number of carbonyl (C=O) groups excluding carboxylic acids is 2. The molecule has 0 aliphatic heterocycles. The Hall–Kier alpha value is -2.77. The van der Waals surface area contributed by atoms with E-state index in [9.17, 15) is 9.59 Å². The number of hydrogen-bond donors (Lipinski definition) is 3. The van der Waals surface area contributed by atoms with Crippen molar-refractivity contribution in [3.8, 4) is 0 Å². The number of ether oxygens (including phenoxy) is 2. The number of nitrogens with two attached hydrogens (primary N) is 3. The Labute approximate surface area is 153 Å². The number of rotatable bonds is 4. The molecule has 144 valence electrons. The number of esters is 2. The van der Waals surface area contributed by atoms with Crippen LogP contribution >= 0.6 is 0 Å². The molecule has 0 atom stereocenters. The molecule has 0 aromatic heterocycles. The van der Waals surface area contributed by atoms with Crippen LogP contribution in [0.15, 0.2) is 29.3 Å². The molecule has 8 nitrogen and oxygen atoms in total. The van der Waals surface area contributed by atoms with Crippen molar-refractivity contribution in [1.82, 2.24) is 0 Å². The largest absolute Gasteiger partial charge is 0.457 e. The topological polar surface area (TPSA) is 143 Å². The SMILES string of the molecule is CC(C)(C)OC(=O)C(N=C(N)N)(C(=O)OC(C)(C)C)c1ccccc1N. The maximum atomic E-state index is 13.1. The number of aliphatic imine (C=N–C) groups is 1. The van der Waals surface area contributed by atoms with Gasteiger partial charge in [-0.25, -0.2) is 14.6 Å². The number of para-hydroxylation sites is 1. The number of guanidine groups is 1. The first-order valence-electron chi connectivity index (χ1n) is 8.12. The van der Waals surface area contributed by atoms with Gasteiger partial charge in [-0.2, -0.15) is 0 Å². The summed E-state index contributed by atoms with van der Waals surface area (Å²) >= 11 is 0. The lowest BCUT2D eigenvalue weighted by Gasteiger charge is -2.33. The number of carbonyl (C=O) groups is 2. The Morgan fingerprint density at radius 2 is 1.31 bits per heavy atom. The van der Waals surface area contributed by atoms with Crippen LogP contribution in [0.25, 0.3) is 0 Å². The van der Waals surface area contributed by atoms with Crippen molar-refractivity contribution < 1.29 is 19.1 Å². The van der Waals surface area contributed by atoms with Gasteiger partial charge in [-0.1, -0.05) is 18.2 Å². The van der Waals surface area contributed by atoms with E-state index < -0.39 is 34.6 Å². The van der Waals surface area contributed by atoms with Crippen LogP contribution < -0.4 is 17.2 Å². The predicted octanol–water partition coefficient (Wildman–Crippen LogP) is 1.42. The molecule has 0 saturated heterocycles. The zero-order valence-corrected chi connectivity index (χ0v) is 16.1. The molecule has 0 radical (unpaired) electrons. The van der Waals surface area contributed by atoms with Gasteiger partial charge in [-0.15, -0.1) is 0 Å². The molecule has 0 amide bonds. The van der Waals surface area contributed by atoms with Crippen molar-refractivity contribution in [2.75, 3.05) is 5.73 Å². The maximum absolute atomic E-state index is 13.1. The van der Waals surface area contributed by atoms with Crippen molar-refractivity contribution in [2.45, 2.75) is 58.3 Å². The lowest BCUT2D eigenvalue weighted by molar-refractivity contribution is -0.177. The summed E-state index contributed by atoms with van der Waals surface area (Å²) in [6.45, 7) is 9.97. The van der Waals surface area contributed by atoms with Crippen LogP contribution in [0.1, 0.15) is 47.1 Å². The third kappa shape index (κ3) is 5.11. The fourth-order valence-corrected chi connectivity index (χ4v) is 2.18. The highest BCUT2D eigenvalue weighted by molar-refractivity contribution is 6.09. The minimum Gasteiger partial charge on any atom is -0.457 e. The molecule has 8 heteroatoms. The van der Waals surface area contributed by atoms with E-state index in [4.69, 9.17) is 26.7 Å². The highest BCUT2D eigenvalue weighted by Gasteiger charge is 2.54. The standard InChI is InChI=1S/C18H28N4O4/c1-16(2,3)25-13(23)18(22-15(20)21,14(24)26-17(4,5)6)11-9-7-8-10-12(11)19/h7-10H,19H2,1-6H3,(H4,20,21,22). The van der Waals surface area contributed by atoms with Gasteiger partial charge < -0.3 is 26.7 Å². The second kappa shape index (κ2) is 7.23. The van der Waals surface area contributed by atoms with Crippen molar-refractivity contribution >= 4 is 23.6 Å². The molecule has 0 fully saturated rings. The van der Waals surface area contributed by atoms with Crippen molar-refractivity contribution in [3.05, 3.63) is 29.8 Å². The molecule has 0 heterocycles. The summed E-state index contributed by atoms with van der Waals surface area (Å²) in [5, 5.41) is 0. The molecule has 0 saturated carbocycles. The second-order valence-corrected chi connectivity index (χ2v) is 7.84. The van der Waals surface area contributed by atoms with Gasteiger partial charge in [0, 0.05) is 11.3 Å². The van der Waals surface area contributed by atoms with Gasteiger partial charge >= 0.3 is 11.9 Å². The molecular weight excluding hydrogens is 336 g/mol. The van der Waals surface area contributed by atoms with Crippen molar-refractivity contribution in [3.63, 3.8) is 0 Å². The van der Waals surface area contributed by atoms with Gasteiger partial charge in [-0.3, -0.25) is 0 Å². The average molecular weight is 364 g/mol. The lowest BCUT2D eigenvalue weighted by Crippen LogP contribution is -2.51. The van der Waals surface area contributed by atoms with E-state index >= 15 is 0 Å². The van der Waals surface area contributed by atoms with Crippen LogP contribution in [0.3, 0.4) is 0 Å². The first-order valence-corrected chi connectivity index (χ1v) is 8.12. The third-order valence-corrected chi connectivity index (χ3v) is 3.04. The molecule has 1 aromatic carbocycles. The number of hydrogen-bond acceptors (Lipinski definition) is 6. The number of benzene rings is 1. The van der Waals surface area contributed by atoms with Gasteiger partial charge in [0.1, 0.15) is 11.2 Å². The molecule has 0 spiro atoms. The summed E-state index contributed by atoms with van der Waals surface area (Å²) in [7, 11) is 0. The van der Waals surface area contributed by atoms with E-state index in [0.29, 0.717) is 0 Å². The Kier molecular flexibility index (Phi) is 5.91. The highest BCUT2D eigenvalue weighted by Crippen LogP contribution is 2.36. The van der Waals surface area contributed by atoms with Crippen LogP contribution in [-0.2, 0) is 24.6 Å². The zero-order valence-electron chi connectivity index (χ0n) is 16.1. The minimum absolute atomic E-state index is 0.0805. The molecule has 1 aromatic rings. The number of anilines is 1. The Balaban J connectivity index is 3.75. The van der Waals surface area contributed by atoms with Crippen LogP contribution in [-0.4, -0.2) is 29.1 Å². The summed E-state index contributed by atoms with van der Waals surface area (Å²) in [6, 6.07) is 6.28. The Morgan fingerprint density at radius 3 is 1.65 bits per heavy atom. The van der Waals surface area contributed by atoms with Crippen LogP contribution in [0.5, 0.6) is 0 Å². The fourth-order valence-electron chi connectivity index (χ4n) is 2.18. The normalized spacial score (nSPS) is 12.2. The average Bonchev–Trinajstić information content (AvgIpc) is 2.41. The maximum Gasteiger partial charge on any atom is 0.351 e. The fraction of sp³-hybridized carbons (Fsp3) is 0.500. The Bertz CT molecular complexity index is 683. The van der Waals surface area contributed by atoms with Crippen LogP contribution in [0, 0.1) is 0 Å². The molecule has 26 heavy (non-hydrogen) atoms. The first-order chi connectivity index (χ1) is 11.7. The van der Waals surface area contributed by atoms with E-state index in [0.717, 1.165) is 0 Å².